The van der Waals surface area contributed by atoms with Crippen LogP contribution in [0.2, 0.25) is 0 Å². The van der Waals surface area contributed by atoms with Crippen LogP contribution in [-0.2, 0) is 18.3 Å². The molecule has 2 heterocycles. The Hall–Kier alpha value is -2.08. The van der Waals surface area contributed by atoms with Gasteiger partial charge in [-0.15, -0.1) is 0 Å². The Morgan fingerprint density at radius 3 is 2.95 bits per heavy atom. The smallest absolute Gasteiger partial charge is 0.309 e. The van der Waals surface area contributed by atoms with Gasteiger partial charge in [0.25, 0.3) is 0 Å². The molecule has 1 aromatic carbocycles. The molecule has 6 heteroatoms. The first kappa shape index (κ1) is 12.9. The summed E-state index contributed by atoms with van der Waals surface area (Å²) in [6.45, 7) is 0. The van der Waals surface area contributed by atoms with E-state index in [-0.39, 0.29) is 6.42 Å². The monoisotopic (exact) mass is 334 g/mol. The number of aliphatic carboxylic acids is 1. The van der Waals surface area contributed by atoms with Gasteiger partial charge in [0.05, 0.1) is 16.6 Å². The fourth-order valence-electron chi connectivity index (χ4n) is 2.20. The molecule has 3 aromatic rings. The molecule has 0 aliphatic carbocycles. The lowest BCUT2D eigenvalue weighted by atomic mass is 10.1. The van der Waals surface area contributed by atoms with Crippen molar-refractivity contribution in [2.45, 2.75) is 6.42 Å². The normalized spacial score (nSPS) is 11.1. The number of carboxylic acids is 1. The van der Waals surface area contributed by atoms with Crippen molar-refractivity contribution in [1.82, 2.24) is 9.78 Å². The fourth-order valence-corrected chi connectivity index (χ4v) is 2.89. The molecular formula is C14H11BrN2O3. The molecule has 0 saturated carbocycles. The van der Waals surface area contributed by atoms with Crippen LogP contribution in [0.3, 0.4) is 0 Å². The van der Waals surface area contributed by atoms with Gasteiger partial charge in [-0.05, 0) is 22.0 Å². The van der Waals surface area contributed by atoms with Gasteiger partial charge in [0.15, 0.2) is 0 Å². The van der Waals surface area contributed by atoms with Gasteiger partial charge in [-0.25, -0.2) is 0 Å². The third-order valence-corrected chi connectivity index (χ3v) is 3.99. The summed E-state index contributed by atoms with van der Waals surface area (Å²) in [5.74, 6) is -0.891. The molecule has 0 atom stereocenters. The predicted octanol–water partition coefficient (Wildman–Crippen LogP) is 3.22. The summed E-state index contributed by atoms with van der Waals surface area (Å²) in [5.41, 5.74) is 2.94. The first-order chi connectivity index (χ1) is 9.58. The van der Waals surface area contributed by atoms with E-state index >= 15 is 0 Å². The second kappa shape index (κ2) is 4.79. The number of hydrogen-bond donors (Lipinski definition) is 1. The van der Waals surface area contributed by atoms with Crippen molar-refractivity contribution in [2.75, 3.05) is 0 Å². The molecular weight excluding hydrogens is 324 g/mol. The summed E-state index contributed by atoms with van der Waals surface area (Å²) in [6.07, 6.45) is 1.56. The van der Waals surface area contributed by atoms with Crippen LogP contribution in [0.1, 0.15) is 5.69 Å². The van der Waals surface area contributed by atoms with Gasteiger partial charge >= 0.3 is 5.97 Å². The Balaban J connectivity index is 2.18. The van der Waals surface area contributed by atoms with Crippen LogP contribution in [0.25, 0.3) is 22.2 Å². The minimum absolute atomic E-state index is 0.0835. The summed E-state index contributed by atoms with van der Waals surface area (Å²) in [5, 5.41) is 14.3. The number of hydrogen-bond acceptors (Lipinski definition) is 3. The summed E-state index contributed by atoms with van der Waals surface area (Å²) in [7, 11) is 1.73. The first-order valence-electron chi connectivity index (χ1n) is 5.97. The lowest BCUT2D eigenvalue weighted by Gasteiger charge is -1.97. The van der Waals surface area contributed by atoms with Gasteiger partial charge in [0, 0.05) is 18.0 Å². The molecule has 1 N–H and O–H groups in total. The van der Waals surface area contributed by atoms with E-state index in [1.54, 1.807) is 18.0 Å². The number of benzene rings is 1. The van der Waals surface area contributed by atoms with Crippen molar-refractivity contribution in [1.29, 1.82) is 0 Å². The maximum Gasteiger partial charge on any atom is 0.309 e. The van der Waals surface area contributed by atoms with Crippen LogP contribution in [-0.4, -0.2) is 20.9 Å². The summed E-state index contributed by atoms with van der Waals surface area (Å²) in [4.78, 5) is 10.9. The third kappa shape index (κ3) is 2.02. The summed E-state index contributed by atoms with van der Waals surface area (Å²) >= 11 is 3.45. The van der Waals surface area contributed by atoms with Crippen molar-refractivity contribution in [3.63, 3.8) is 0 Å². The van der Waals surface area contributed by atoms with Crippen molar-refractivity contribution in [2.24, 2.45) is 7.05 Å². The van der Waals surface area contributed by atoms with Gasteiger partial charge in [0.2, 0.25) is 0 Å². The highest BCUT2D eigenvalue weighted by atomic mass is 79.9. The Morgan fingerprint density at radius 1 is 1.45 bits per heavy atom. The number of para-hydroxylation sites is 1. The second-order valence-corrected chi connectivity index (χ2v) is 5.24. The second-order valence-electron chi connectivity index (χ2n) is 4.45. The summed E-state index contributed by atoms with van der Waals surface area (Å²) in [6, 6.07) is 7.66. The molecule has 3 rings (SSSR count). The lowest BCUT2D eigenvalue weighted by molar-refractivity contribution is -0.136. The molecule has 0 amide bonds. The highest BCUT2D eigenvalue weighted by Gasteiger charge is 2.20. The lowest BCUT2D eigenvalue weighted by Crippen LogP contribution is -2.06. The van der Waals surface area contributed by atoms with Gasteiger partial charge in [-0.3, -0.25) is 9.48 Å². The Morgan fingerprint density at radius 2 is 2.20 bits per heavy atom. The van der Waals surface area contributed by atoms with E-state index in [2.05, 4.69) is 21.0 Å². The van der Waals surface area contributed by atoms with Crippen LogP contribution in [0, 0.1) is 0 Å². The van der Waals surface area contributed by atoms with E-state index in [0.717, 1.165) is 16.5 Å². The number of aryl methyl sites for hydroxylation is 1. The molecule has 0 aliphatic heterocycles. The van der Waals surface area contributed by atoms with E-state index in [1.807, 2.05) is 24.3 Å². The summed E-state index contributed by atoms with van der Waals surface area (Å²) < 4.78 is 7.77. The van der Waals surface area contributed by atoms with Crippen LogP contribution in [0.15, 0.2) is 39.4 Å². The standard InChI is InChI=1S/C14H11BrN2O3/c1-17-10(6-12(18)19)13(15)14(16-17)9-7-20-11-5-3-2-4-8(9)11/h2-5,7H,6H2,1H3,(H,18,19). The van der Waals surface area contributed by atoms with Crippen molar-refractivity contribution < 1.29 is 14.3 Å². The fraction of sp³-hybridized carbons (Fsp3) is 0.143. The predicted molar refractivity (Wildman–Crippen MR) is 77.5 cm³/mol. The van der Waals surface area contributed by atoms with Crippen LogP contribution in [0.4, 0.5) is 0 Å². The van der Waals surface area contributed by atoms with Crippen LogP contribution in [0.5, 0.6) is 0 Å². The molecule has 0 spiro atoms. The van der Waals surface area contributed by atoms with E-state index in [0.29, 0.717) is 15.9 Å². The Kier molecular flexibility index (Phi) is 3.10. The average molecular weight is 335 g/mol. The van der Waals surface area contributed by atoms with Crippen LogP contribution >= 0.6 is 15.9 Å². The van der Waals surface area contributed by atoms with E-state index < -0.39 is 5.97 Å². The molecule has 5 nitrogen and oxygen atoms in total. The van der Waals surface area contributed by atoms with Crippen LogP contribution < -0.4 is 0 Å². The molecule has 2 aromatic heterocycles. The number of aromatic nitrogens is 2. The Bertz CT molecular complexity index is 804. The maximum absolute atomic E-state index is 10.9. The molecule has 0 bridgehead atoms. The van der Waals surface area contributed by atoms with Crippen molar-refractivity contribution in [3.8, 4) is 11.3 Å². The number of carboxylic acid groups (broad SMARTS) is 1. The topological polar surface area (TPSA) is 68.3 Å². The highest BCUT2D eigenvalue weighted by molar-refractivity contribution is 9.10. The number of furan rings is 1. The zero-order valence-corrected chi connectivity index (χ0v) is 12.2. The van der Waals surface area contributed by atoms with Gasteiger partial charge in [-0.1, -0.05) is 18.2 Å². The third-order valence-electron chi connectivity index (χ3n) is 3.16. The molecule has 0 unspecified atom stereocenters. The zero-order valence-electron chi connectivity index (χ0n) is 10.6. The Labute approximate surface area is 122 Å². The van der Waals surface area contributed by atoms with Gasteiger partial charge in [-0.2, -0.15) is 5.10 Å². The average Bonchev–Trinajstić information content (AvgIpc) is 2.94. The number of halogens is 1. The largest absolute Gasteiger partial charge is 0.481 e. The minimum atomic E-state index is -0.891. The van der Waals surface area contributed by atoms with E-state index in [9.17, 15) is 4.79 Å². The molecule has 0 fully saturated rings. The van der Waals surface area contributed by atoms with E-state index in [1.165, 1.54) is 0 Å². The molecule has 0 aliphatic rings. The quantitative estimate of drug-likeness (QED) is 0.798. The highest BCUT2D eigenvalue weighted by Crippen LogP contribution is 2.35. The zero-order chi connectivity index (χ0) is 14.3. The van der Waals surface area contributed by atoms with Gasteiger partial charge in [0.1, 0.15) is 17.5 Å². The maximum atomic E-state index is 10.9. The molecule has 102 valence electrons. The van der Waals surface area contributed by atoms with Gasteiger partial charge < -0.3 is 9.52 Å². The minimum Gasteiger partial charge on any atom is -0.481 e. The molecule has 0 radical (unpaired) electrons. The number of rotatable bonds is 3. The van der Waals surface area contributed by atoms with Crippen molar-refractivity contribution in [3.05, 3.63) is 40.7 Å². The van der Waals surface area contributed by atoms with E-state index in [4.69, 9.17) is 9.52 Å². The number of nitrogens with zero attached hydrogens (tertiary/aromatic N) is 2. The molecule has 20 heavy (non-hydrogen) atoms. The number of fused-ring (bicyclic) bond motifs is 1. The van der Waals surface area contributed by atoms with Crippen molar-refractivity contribution >= 4 is 32.9 Å². The number of carbonyl (C=O) groups is 1. The SMILES string of the molecule is Cn1nc(-c2coc3ccccc23)c(Br)c1CC(=O)O. The first-order valence-corrected chi connectivity index (χ1v) is 6.77. The molecule has 0 saturated heterocycles.